The molecule has 0 aliphatic carbocycles. The fourth-order valence-corrected chi connectivity index (χ4v) is 2.72. The lowest BCUT2D eigenvalue weighted by atomic mass is 10.1. The minimum Gasteiger partial charge on any atom is -0.423 e. The van der Waals surface area contributed by atoms with Gasteiger partial charge in [-0.15, -0.1) is 0 Å². The molecule has 1 atom stereocenters. The van der Waals surface area contributed by atoms with Gasteiger partial charge in [0.1, 0.15) is 11.6 Å². The van der Waals surface area contributed by atoms with E-state index in [1.54, 1.807) is 25.1 Å². The first-order valence-corrected chi connectivity index (χ1v) is 7.11. The molecule has 118 valence electrons. The lowest BCUT2D eigenvalue weighted by molar-refractivity contribution is -0.140. The molecular weight excluding hydrogens is 300 g/mol. The van der Waals surface area contributed by atoms with Crippen LogP contribution < -0.4 is 10.9 Å². The van der Waals surface area contributed by atoms with Crippen LogP contribution in [0.5, 0.6) is 0 Å². The van der Waals surface area contributed by atoms with Gasteiger partial charge < -0.3 is 9.73 Å². The van der Waals surface area contributed by atoms with E-state index in [4.69, 9.17) is 4.42 Å². The molecule has 1 aromatic carbocycles. The zero-order chi connectivity index (χ0) is 16.6. The van der Waals surface area contributed by atoms with Crippen LogP contribution in [0.1, 0.15) is 18.4 Å². The number of nitrogens with zero attached hydrogens (tertiary/aromatic N) is 1. The van der Waals surface area contributed by atoms with E-state index in [1.165, 1.54) is 6.07 Å². The molecule has 1 N–H and O–H groups in total. The highest BCUT2D eigenvalue weighted by molar-refractivity contribution is 6.03. The summed E-state index contributed by atoms with van der Waals surface area (Å²) in [4.78, 5) is 47.0. The van der Waals surface area contributed by atoms with Gasteiger partial charge in [-0.1, -0.05) is 0 Å². The number of benzene rings is 1. The number of rotatable bonds is 3. The molecule has 2 aromatic rings. The summed E-state index contributed by atoms with van der Waals surface area (Å²) in [6, 6.07) is 5.55. The molecule has 3 amide bonds. The Kier molecular flexibility index (Phi) is 3.69. The smallest absolute Gasteiger partial charge is 0.336 e. The Hall–Kier alpha value is -2.96. The fourth-order valence-electron chi connectivity index (χ4n) is 2.72. The van der Waals surface area contributed by atoms with E-state index in [-0.39, 0.29) is 12.3 Å². The monoisotopic (exact) mass is 314 g/mol. The molecule has 7 heteroatoms. The van der Waals surface area contributed by atoms with Crippen LogP contribution >= 0.6 is 0 Å². The molecule has 2 heterocycles. The van der Waals surface area contributed by atoms with Crippen molar-refractivity contribution in [1.29, 1.82) is 0 Å². The summed E-state index contributed by atoms with van der Waals surface area (Å²) in [5.74, 6) is -0.808. The van der Waals surface area contributed by atoms with E-state index < -0.39 is 17.6 Å². The van der Waals surface area contributed by atoms with Gasteiger partial charge >= 0.3 is 5.63 Å². The molecule has 1 aliphatic heterocycles. The van der Waals surface area contributed by atoms with Crippen molar-refractivity contribution in [3.63, 3.8) is 0 Å². The molecule has 1 saturated heterocycles. The maximum atomic E-state index is 12.2. The number of hydrogen-bond acceptors (Lipinski definition) is 5. The second-order valence-corrected chi connectivity index (χ2v) is 5.41. The third-order valence-electron chi connectivity index (χ3n) is 3.89. The summed E-state index contributed by atoms with van der Waals surface area (Å²) in [5.41, 5.74) is 1.11. The van der Waals surface area contributed by atoms with Crippen LogP contribution in [0.2, 0.25) is 0 Å². The maximum Gasteiger partial charge on any atom is 0.336 e. The minimum absolute atomic E-state index is 0.169. The lowest BCUT2D eigenvalue weighted by Crippen LogP contribution is -2.40. The molecule has 1 fully saturated rings. The van der Waals surface area contributed by atoms with Crippen molar-refractivity contribution >= 4 is 34.9 Å². The summed E-state index contributed by atoms with van der Waals surface area (Å²) in [6.07, 6.45) is 0.843. The second-order valence-electron chi connectivity index (χ2n) is 5.41. The van der Waals surface area contributed by atoms with Crippen molar-refractivity contribution in [2.24, 2.45) is 0 Å². The number of carbonyl (C=O) groups is 3. The predicted octanol–water partition coefficient (Wildman–Crippen LogP) is 1.19. The Labute approximate surface area is 130 Å². The van der Waals surface area contributed by atoms with Crippen molar-refractivity contribution < 1.29 is 18.8 Å². The summed E-state index contributed by atoms with van der Waals surface area (Å²) < 4.78 is 5.12. The van der Waals surface area contributed by atoms with Crippen LogP contribution in [-0.2, 0) is 14.4 Å². The average molecular weight is 314 g/mol. The predicted molar refractivity (Wildman–Crippen MR) is 81.8 cm³/mol. The van der Waals surface area contributed by atoms with E-state index >= 15 is 0 Å². The van der Waals surface area contributed by atoms with Gasteiger partial charge in [0.05, 0.1) is 0 Å². The topological polar surface area (TPSA) is 96.7 Å². The first kappa shape index (κ1) is 15.0. The molecule has 3 rings (SSSR count). The number of amides is 3. The van der Waals surface area contributed by atoms with Crippen molar-refractivity contribution in [1.82, 2.24) is 4.90 Å². The Morgan fingerprint density at radius 2 is 2.13 bits per heavy atom. The standard InChI is InChI=1S/C16H14N2O5/c1-9-6-15(21)23-13-7-10(2-3-11(9)13)17-16(22)12-4-5-14(20)18(12)8-19/h2-3,6-8,12H,4-5H2,1H3,(H,17,22). The van der Waals surface area contributed by atoms with Gasteiger partial charge in [-0.2, -0.15) is 0 Å². The number of nitrogens with one attached hydrogen (secondary N) is 1. The van der Waals surface area contributed by atoms with Crippen molar-refractivity contribution in [2.45, 2.75) is 25.8 Å². The molecular formula is C16H14N2O5. The molecule has 0 saturated carbocycles. The highest BCUT2D eigenvalue weighted by Gasteiger charge is 2.35. The average Bonchev–Trinajstić information content (AvgIpc) is 2.87. The minimum atomic E-state index is -0.805. The first-order valence-electron chi connectivity index (χ1n) is 7.11. The summed E-state index contributed by atoms with van der Waals surface area (Å²) in [5, 5.41) is 3.42. The van der Waals surface area contributed by atoms with E-state index in [9.17, 15) is 19.2 Å². The van der Waals surface area contributed by atoms with Crippen molar-refractivity contribution in [3.05, 3.63) is 40.2 Å². The van der Waals surface area contributed by atoms with Gasteiger partial charge in [-0.3, -0.25) is 19.3 Å². The highest BCUT2D eigenvalue weighted by atomic mass is 16.4. The van der Waals surface area contributed by atoms with Gasteiger partial charge in [-0.25, -0.2) is 4.79 Å². The summed E-state index contributed by atoms with van der Waals surface area (Å²) >= 11 is 0. The maximum absolute atomic E-state index is 12.2. The molecule has 7 nitrogen and oxygen atoms in total. The number of imide groups is 1. The van der Waals surface area contributed by atoms with Crippen molar-refractivity contribution in [2.75, 3.05) is 5.32 Å². The quantitative estimate of drug-likeness (QED) is 0.678. The summed E-state index contributed by atoms with van der Waals surface area (Å²) in [6.45, 7) is 1.80. The van der Waals surface area contributed by atoms with E-state index in [0.29, 0.717) is 24.1 Å². The first-order chi connectivity index (χ1) is 11.0. The molecule has 0 spiro atoms. The Morgan fingerprint density at radius 1 is 1.35 bits per heavy atom. The Balaban J connectivity index is 1.87. The van der Waals surface area contributed by atoms with Crippen LogP contribution in [0, 0.1) is 6.92 Å². The van der Waals surface area contributed by atoms with Gasteiger partial charge in [0, 0.05) is 29.6 Å². The van der Waals surface area contributed by atoms with Crippen LogP contribution in [0.3, 0.4) is 0 Å². The van der Waals surface area contributed by atoms with Gasteiger partial charge in [0.15, 0.2) is 0 Å². The molecule has 0 bridgehead atoms. The number of fused-ring (bicyclic) bond motifs is 1. The van der Waals surface area contributed by atoms with Crippen LogP contribution in [0.4, 0.5) is 5.69 Å². The third-order valence-corrected chi connectivity index (χ3v) is 3.89. The molecule has 1 aromatic heterocycles. The number of carbonyl (C=O) groups excluding carboxylic acids is 3. The van der Waals surface area contributed by atoms with Gasteiger partial charge in [0.2, 0.25) is 18.2 Å². The number of hydrogen-bond donors (Lipinski definition) is 1. The largest absolute Gasteiger partial charge is 0.423 e. The second kappa shape index (κ2) is 5.68. The highest BCUT2D eigenvalue weighted by Crippen LogP contribution is 2.23. The molecule has 1 unspecified atom stereocenters. The molecule has 1 aliphatic rings. The van der Waals surface area contributed by atoms with Gasteiger partial charge in [-0.05, 0) is 31.0 Å². The fraction of sp³-hybridized carbons (Fsp3) is 0.250. The Morgan fingerprint density at radius 3 is 2.87 bits per heavy atom. The normalized spacial score (nSPS) is 17.5. The lowest BCUT2D eigenvalue weighted by Gasteiger charge is -2.17. The number of likely N-dealkylation sites (tertiary alicyclic amines) is 1. The Bertz CT molecular complexity index is 870. The number of anilines is 1. The van der Waals surface area contributed by atoms with E-state index in [1.807, 2.05) is 0 Å². The van der Waals surface area contributed by atoms with E-state index in [0.717, 1.165) is 15.8 Å². The third kappa shape index (κ3) is 2.73. The number of aryl methyl sites for hydroxylation is 1. The zero-order valence-electron chi connectivity index (χ0n) is 12.4. The van der Waals surface area contributed by atoms with Gasteiger partial charge in [0.25, 0.3) is 0 Å². The van der Waals surface area contributed by atoms with Crippen LogP contribution in [0.15, 0.2) is 33.5 Å². The summed E-state index contributed by atoms with van der Waals surface area (Å²) in [7, 11) is 0. The molecule has 0 radical (unpaired) electrons. The van der Waals surface area contributed by atoms with Crippen molar-refractivity contribution in [3.8, 4) is 0 Å². The van der Waals surface area contributed by atoms with E-state index in [2.05, 4.69) is 5.32 Å². The molecule has 23 heavy (non-hydrogen) atoms. The van der Waals surface area contributed by atoms with Crippen LogP contribution in [0.25, 0.3) is 11.0 Å². The SMILES string of the molecule is Cc1cc(=O)oc2cc(NC(=O)C3CCC(=O)N3C=O)ccc12. The van der Waals surface area contributed by atoms with Crippen LogP contribution in [-0.4, -0.2) is 29.2 Å². The zero-order valence-corrected chi connectivity index (χ0v) is 12.4.